The van der Waals surface area contributed by atoms with E-state index in [1.807, 2.05) is 6.92 Å². The van der Waals surface area contributed by atoms with Gasteiger partial charge in [0.15, 0.2) is 0 Å². The standard InChI is InChI=1S/C14H17FN4O2/c1-3-21-14(20)17-10(2)9-19-7-6-13(18-19)12-5-4-11(15)8-16-12/h4-8,10H,3,9H2,1-2H3,(H,17,20)/t10-/m0/s1. The molecule has 0 aliphatic heterocycles. The third-order valence-electron chi connectivity index (χ3n) is 2.73. The summed E-state index contributed by atoms with van der Waals surface area (Å²) in [6, 6.07) is 4.57. The van der Waals surface area contributed by atoms with Crippen LogP contribution in [0.4, 0.5) is 9.18 Å². The fraction of sp³-hybridized carbons (Fsp3) is 0.357. The number of alkyl carbamates (subject to hydrolysis) is 1. The summed E-state index contributed by atoms with van der Waals surface area (Å²) in [6.45, 7) is 4.44. The van der Waals surface area contributed by atoms with E-state index in [2.05, 4.69) is 15.4 Å². The number of aromatic nitrogens is 3. The number of rotatable bonds is 5. The van der Waals surface area contributed by atoms with Gasteiger partial charge in [0, 0.05) is 12.2 Å². The largest absolute Gasteiger partial charge is 0.450 e. The van der Waals surface area contributed by atoms with Crippen LogP contribution in [-0.4, -0.2) is 33.5 Å². The van der Waals surface area contributed by atoms with E-state index in [0.29, 0.717) is 24.5 Å². The number of ether oxygens (including phenoxy) is 1. The van der Waals surface area contributed by atoms with E-state index in [-0.39, 0.29) is 11.9 Å². The Balaban J connectivity index is 1.96. The van der Waals surface area contributed by atoms with E-state index < -0.39 is 6.09 Å². The topological polar surface area (TPSA) is 69.0 Å². The summed E-state index contributed by atoms with van der Waals surface area (Å²) < 4.78 is 19.3. The maximum atomic E-state index is 12.8. The predicted molar refractivity (Wildman–Crippen MR) is 75.0 cm³/mol. The molecule has 1 amide bonds. The monoisotopic (exact) mass is 292 g/mol. The molecular weight excluding hydrogens is 275 g/mol. The highest BCUT2D eigenvalue weighted by Gasteiger charge is 2.10. The quantitative estimate of drug-likeness (QED) is 0.917. The third kappa shape index (κ3) is 4.27. The van der Waals surface area contributed by atoms with Crippen LogP contribution in [0, 0.1) is 5.82 Å². The van der Waals surface area contributed by atoms with Crippen molar-refractivity contribution >= 4 is 6.09 Å². The van der Waals surface area contributed by atoms with E-state index in [1.54, 1.807) is 29.9 Å². The molecule has 1 atom stereocenters. The Hall–Kier alpha value is -2.44. The number of amides is 1. The third-order valence-corrected chi connectivity index (χ3v) is 2.73. The summed E-state index contributed by atoms with van der Waals surface area (Å²) in [4.78, 5) is 15.3. The minimum absolute atomic E-state index is 0.127. The molecule has 0 fully saturated rings. The molecule has 2 aromatic rings. The van der Waals surface area contributed by atoms with Crippen molar-refractivity contribution in [1.29, 1.82) is 0 Å². The van der Waals surface area contributed by atoms with E-state index in [4.69, 9.17) is 4.74 Å². The lowest BCUT2D eigenvalue weighted by Crippen LogP contribution is -2.36. The molecule has 2 aromatic heterocycles. The minimum atomic E-state index is -0.447. The van der Waals surface area contributed by atoms with Crippen molar-refractivity contribution in [1.82, 2.24) is 20.1 Å². The van der Waals surface area contributed by atoms with Gasteiger partial charge in [0.05, 0.1) is 25.0 Å². The van der Waals surface area contributed by atoms with Gasteiger partial charge in [0.2, 0.25) is 0 Å². The minimum Gasteiger partial charge on any atom is -0.450 e. The summed E-state index contributed by atoms with van der Waals surface area (Å²) in [5, 5.41) is 7.04. The fourth-order valence-corrected chi connectivity index (χ4v) is 1.83. The molecule has 0 aromatic carbocycles. The van der Waals surface area contributed by atoms with Crippen molar-refractivity contribution < 1.29 is 13.9 Å². The number of carbonyl (C=O) groups excluding carboxylic acids is 1. The van der Waals surface area contributed by atoms with Gasteiger partial charge in [0.25, 0.3) is 0 Å². The zero-order chi connectivity index (χ0) is 15.2. The van der Waals surface area contributed by atoms with Crippen molar-refractivity contribution in [3.05, 3.63) is 36.4 Å². The van der Waals surface area contributed by atoms with Gasteiger partial charge in [-0.3, -0.25) is 9.67 Å². The van der Waals surface area contributed by atoms with Gasteiger partial charge in [-0.1, -0.05) is 0 Å². The molecule has 2 heterocycles. The highest BCUT2D eigenvalue weighted by Crippen LogP contribution is 2.14. The fourth-order valence-electron chi connectivity index (χ4n) is 1.83. The smallest absolute Gasteiger partial charge is 0.407 e. The Morgan fingerprint density at radius 2 is 2.24 bits per heavy atom. The molecule has 0 bridgehead atoms. The Morgan fingerprint density at radius 1 is 1.43 bits per heavy atom. The van der Waals surface area contributed by atoms with Crippen molar-refractivity contribution in [3.63, 3.8) is 0 Å². The van der Waals surface area contributed by atoms with Gasteiger partial charge < -0.3 is 10.1 Å². The van der Waals surface area contributed by atoms with Crippen LogP contribution in [0.15, 0.2) is 30.6 Å². The van der Waals surface area contributed by atoms with Crippen LogP contribution in [0.1, 0.15) is 13.8 Å². The van der Waals surface area contributed by atoms with E-state index >= 15 is 0 Å². The molecule has 0 aliphatic carbocycles. The summed E-state index contributed by atoms with van der Waals surface area (Å²) in [5.41, 5.74) is 1.25. The lowest BCUT2D eigenvalue weighted by molar-refractivity contribution is 0.147. The second-order valence-electron chi connectivity index (χ2n) is 4.55. The van der Waals surface area contributed by atoms with E-state index in [0.717, 1.165) is 6.20 Å². The highest BCUT2D eigenvalue weighted by molar-refractivity contribution is 5.67. The summed E-state index contributed by atoms with van der Waals surface area (Å²) in [5.74, 6) is -0.384. The van der Waals surface area contributed by atoms with Crippen LogP contribution < -0.4 is 5.32 Å². The van der Waals surface area contributed by atoms with Gasteiger partial charge in [-0.05, 0) is 32.0 Å². The van der Waals surface area contributed by atoms with Crippen molar-refractivity contribution in [3.8, 4) is 11.4 Å². The molecule has 21 heavy (non-hydrogen) atoms. The maximum absolute atomic E-state index is 12.8. The Bertz CT molecular complexity index is 597. The second kappa shape index (κ2) is 6.83. The number of nitrogens with zero attached hydrogens (tertiary/aromatic N) is 3. The average Bonchev–Trinajstić information content (AvgIpc) is 2.88. The molecule has 0 saturated carbocycles. The molecule has 0 aliphatic rings. The van der Waals surface area contributed by atoms with Crippen LogP contribution in [0.3, 0.4) is 0 Å². The van der Waals surface area contributed by atoms with Crippen LogP contribution in [0.25, 0.3) is 11.4 Å². The summed E-state index contributed by atoms with van der Waals surface area (Å²) >= 11 is 0. The first-order valence-corrected chi connectivity index (χ1v) is 6.67. The van der Waals surface area contributed by atoms with Crippen LogP contribution in [-0.2, 0) is 11.3 Å². The summed E-state index contributed by atoms with van der Waals surface area (Å²) in [7, 11) is 0. The van der Waals surface area contributed by atoms with Gasteiger partial charge in [-0.2, -0.15) is 5.10 Å². The molecular formula is C14H17FN4O2. The summed E-state index contributed by atoms with van der Waals surface area (Å²) in [6.07, 6.45) is 2.49. The van der Waals surface area contributed by atoms with Gasteiger partial charge >= 0.3 is 6.09 Å². The van der Waals surface area contributed by atoms with Crippen molar-refractivity contribution in [2.45, 2.75) is 26.4 Å². The first-order valence-electron chi connectivity index (χ1n) is 6.67. The molecule has 2 rings (SSSR count). The molecule has 6 nitrogen and oxygen atoms in total. The average molecular weight is 292 g/mol. The number of carbonyl (C=O) groups is 1. The second-order valence-corrected chi connectivity index (χ2v) is 4.55. The van der Waals surface area contributed by atoms with Gasteiger partial charge in [-0.25, -0.2) is 9.18 Å². The molecule has 0 radical (unpaired) electrons. The molecule has 1 N–H and O–H groups in total. The Kier molecular flexibility index (Phi) is 4.86. The van der Waals surface area contributed by atoms with Crippen LogP contribution in [0.2, 0.25) is 0 Å². The van der Waals surface area contributed by atoms with Crippen molar-refractivity contribution in [2.75, 3.05) is 6.61 Å². The number of hydrogen-bond acceptors (Lipinski definition) is 4. The predicted octanol–water partition coefficient (Wildman–Crippen LogP) is 2.22. The molecule has 7 heteroatoms. The Morgan fingerprint density at radius 3 is 2.90 bits per heavy atom. The first-order chi connectivity index (χ1) is 10.1. The van der Waals surface area contributed by atoms with Gasteiger partial charge in [0.1, 0.15) is 11.5 Å². The molecule has 0 saturated heterocycles. The van der Waals surface area contributed by atoms with E-state index in [1.165, 1.54) is 6.07 Å². The molecule has 0 unspecified atom stereocenters. The molecule has 0 spiro atoms. The lowest BCUT2D eigenvalue weighted by atomic mass is 10.3. The van der Waals surface area contributed by atoms with Crippen LogP contribution >= 0.6 is 0 Å². The van der Waals surface area contributed by atoms with E-state index in [9.17, 15) is 9.18 Å². The maximum Gasteiger partial charge on any atom is 0.407 e. The Labute approximate surface area is 121 Å². The zero-order valence-electron chi connectivity index (χ0n) is 11.9. The zero-order valence-corrected chi connectivity index (χ0v) is 11.9. The van der Waals surface area contributed by atoms with Crippen LogP contribution in [0.5, 0.6) is 0 Å². The first kappa shape index (κ1) is 15.0. The van der Waals surface area contributed by atoms with Gasteiger partial charge in [-0.15, -0.1) is 0 Å². The van der Waals surface area contributed by atoms with Crippen molar-refractivity contribution in [2.24, 2.45) is 0 Å². The number of pyridine rings is 1. The normalized spacial score (nSPS) is 12.0. The number of nitrogens with one attached hydrogen (secondary N) is 1. The molecule has 112 valence electrons. The highest BCUT2D eigenvalue weighted by atomic mass is 19.1. The lowest BCUT2D eigenvalue weighted by Gasteiger charge is -2.13. The number of hydrogen-bond donors (Lipinski definition) is 1. The SMILES string of the molecule is CCOC(=O)N[C@@H](C)Cn1ccc(-c2ccc(F)cn2)n1. The number of halogens is 1.